The number of aliphatic hydroxyl groups excluding tert-OH is 1. The molecule has 0 bridgehead atoms. The maximum atomic E-state index is 9.03. The maximum Gasteiger partial charge on any atom is 0.0448 e. The van der Waals surface area contributed by atoms with Crippen LogP contribution in [0.15, 0.2) is 30.3 Å². The first-order chi connectivity index (χ1) is 7.27. The first-order valence-corrected chi connectivity index (χ1v) is 5.63. The van der Waals surface area contributed by atoms with Gasteiger partial charge in [0.25, 0.3) is 0 Å². The molecule has 2 heteroatoms. The Morgan fingerprint density at radius 2 is 1.93 bits per heavy atom. The van der Waals surface area contributed by atoms with E-state index in [-0.39, 0.29) is 0 Å². The fourth-order valence-electron chi connectivity index (χ4n) is 2.20. The molecule has 1 aliphatic rings. The van der Waals surface area contributed by atoms with Crippen LogP contribution in [0.25, 0.3) is 0 Å². The molecule has 0 atom stereocenters. The van der Waals surface area contributed by atoms with Gasteiger partial charge in [-0.1, -0.05) is 30.3 Å². The summed E-state index contributed by atoms with van der Waals surface area (Å²) in [7, 11) is 2.16. The van der Waals surface area contributed by atoms with Gasteiger partial charge in [0.2, 0.25) is 0 Å². The van der Waals surface area contributed by atoms with E-state index in [9.17, 15) is 0 Å². The van der Waals surface area contributed by atoms with Crippen molar-refractivity contribution in [2.45, 2.75) is 31.3 Å². The van der Waals surface area contributed by atoms with Gasteiger partial charge < -0.3 is 5.11 Å². The van der Waals surface area contributed by atoms with Crippen LogP contribution in [0.4, 0.5) is 0 Å². The predicted molar refractivity (Wildman–Crippen MR) is 61.6 cm³/mol. The summed E-state index contributed by atoms with van der Waals surface area (Å²) in [6, 6.07) is 10.5. The summed E-state index contributed by atoms with van der Waals surface area (Å²) in [6.45, 7) is 1.29. The minimum atomic E-state index is 0.296. The van der Waals surface area contributed by atoms with Crippen molar-refractivity contribution in [1.29, 1.82) is 0 Å². The molecule has 0 aliphatic heterocycles. The highest BCUT2D eigenvalue weighted by Crippen LogP contribution is 2.44. The van der Waals surface area contributed by atoms with Crippen LogP contribution in [0, 0.1) is 0 Å². The maximum absolute atomic E-state index is 9.03. The molecule has 82 valence electrons. The molecule has 1 N–H and O–H groups in total. The van der Waals surface area contributed by atoms with E-state index in [2.05, 4.69) is 36.2 Å². The molecule has 2 nitrogen and oxygen atoms in total. The number of rotatable bonds is 5. The molecule has 1 fully saturated rings. The van der Waals surface area contributed by atoms with Crippen LogP contribution in [0.5, 0.6) is 0 Å². The normalized spacial score (nSPS) is 18.1. The van der Waals surface area contributed by atoms with Crippen LogP contribution in [0.2, 0.25) is 0 Å². The van der Waals surface area contributed by atoms with Gasteiger partial charge >= 0.3 is 0 Å². The van der Waals surface area contributed by atoms with Gasteiger partial charge in [-0.3, -0.25) is 4.90 Å². The summed E-state index contributed by atoms with van der Waals surface area (Å²) < 4.78 is 0. The van der Waals surface area contributed by atoms with Gasteiger partial charge in [0.15, 0.2) is 0 Å². The van der Waals surface area contributed by atoms with E-state index in [1.165, 1.54) is 18.4 Å². The summed E-state index contributed by atoms with van der Waals surface area (Å²) in [5.41, 5.74) is 1.65. The van der Waals surface area contributed by atoms with Gasteiger partial charge in [-0.25, -0.2) is 0 Å². The smallest absolute Gasteiger partial charge is 0.0448 e. The summed E-state index contributed by atoms with van der Waals surface area (Å²) in [6.07, 6.45) is 3.38. The Morgan fingerprint density at radius 1 is 1.27 bits per heavy atom. The summed E-state index contributed by atoms with van der Waals surface area (Å²) >= 11 is 0. The van der Waals surface area contributed by atoms with Crippen LogP contribution in [-0.4, -0.2) is 29.2 Å². The van der Waals surface area contributed by atoms with E-state index in [4.69, 9.17) is 5.11 Å². The number of hydrogen-bond donors (Lipinski definition) is 1. The third-order valence-corrected chi connectivity index (χ3v) is 3.48. The van der Waals surface area contributed by atoms with Crippen molar-refractivity contribution in [3.8, 4) is 0 Å². The molecule has 0 saturated heterocycles. The van der Waals surface area contributed by atoms with Crippen molar-refractivity contribution in [2.75, 3.05) is 13.7 Å². The molecule has 0 aromatic heterocycles. The lowest BCUT2D eigenvalue weighted by Crippen LogP contribution is -2.34. The summed E-state index contributed by atoms with van der Waals surface area (Å²) in [4.78, 5) is 2.39. The Morgan fingerprint density at radius 3 is 2.47 bits per heavy atom. The SMILES string of the molecule is CN(Cc1ccccc1)C1(CCO)CC1. The minimum absolute atomic E-state index is 0.296. The lowest BCUT2D eigenvalue weighted by Gasteiger charge is -2.27. The van der Waals surface area contributed by atoms with E-state index >= 15 is 0 Å². The Labute approximate surface area is 91.5 Å². The lowest BCUT2D eigenvalue weighted by atomic mass is 10.1. The molecule has 0 amide bonds. The van der Waals surface area contributed by atoms with Crippen LogP contribution in [0.3, 0.4) is 0 Å². The molecular weight excluding hydrogens is 186 g/mol. The first-order valence-electron chi connectivity index (χ1n) is 5.63. The van der Waals surface area contributed by atoms with Gasteiger partial charge in [-0.15, -0.1) is 0 Å². The van der Waals surface area contributed by atoms with E-state index in [0.717, 1.165) is 13.0 Å². The molecule has 1 aromatic carbocycles. The molecule has 0 unspecified atom stereocenters. The molecule has 0 heterocycles. The zero-order valence-electron chi connectivity index (χ0n) is 9.32. The van der Waals surface area contributed by atoms with Crippen LogP contribution in [0.1, 0.15) is 24.8 Å². The van der Waals surface area contributed by atoms with Crippen molar-refractivity contribution in [3.05, 3.63) is 35.9 Å². The highest BCUT2D eigenvalue weighted by Gasteiger charge is 2.45. The minimum Gasteiger partial charge on any atom is -0.396 e. The second-order valence-electron chi connectivity index (χ2n) is 4.54. The van der Waals surface area contributed by atoms with Crippen molar-refractivity contribution in [3.63, 3.8) is 0 Å². The fraction of sp³-hybridized carbons (Fsp3) is 0.538. The highest BCUT2D eigenvalue weighted by molar-refractivity contribution is 5.16. The van der Waals surface area contributed by atoms with E-state index in [1.807, 2.05) is 6.07 Å². The predicted octanol–water partition coefficient (Wildman–Crippen LogP) is 2.03. The second-order valence-corrected chi connectivity index (χ2v) is 4.54. The molecule has 15 heavy (non-hydrogen) atoms. The molecule has 2 rings (SSSR count). The van der Waals surface area contributed by atoms with Crippen molar-refractivity contribution < 1.29 is 5.11 Å². The molecule has 1 saturated carbocycles. The van der Waals surface area contributed by atoms with Gasteiger partial charge in [-0.05, 0) is 31.9 Å². The monoisotopic (exact) mass is 205 g/mol. The van der Waals surface area contributed by atoms with Gasteiger partial charge in [0.05, 0.1) is 0 Å². The standard InChI is InChI=1S/C13H19NO/c1-14(13(7-8-13)9-10-15)11-12-5-3-2-4-6-12/h2-6,15H,7-11H2,1H3. The Kier molecular flexibility index (Phi) is 3.08. The quantitative estimate of drug-likeness (QED) is 0.795. The van der Waals surface area contributed by atoms with E-state index in [1.54, 1.807) is 0 Å². The highest BCUT2D eigenvalue weighted by atomic mass is 16.3. The van der Waals surface area contributed by atoms with Crippen LogP contribution >= 0.6 is 0 Å². The second kappa shape index (κ2) is 4.33. The average Bonchev–Trinajstić information content (AvgIpc) is 3.01. The Bertz CT molecular complexity index is 306. The molecule has 1 aromatic rings. The first kappa shape index (κ1) is 10.7. The van der Waals surface area contributed by atoms with Gasteiger partial charge in [0, 0.05) is 18.7 Å². The summed E-state index contributed by atoms with van der Waals surface area (Å²) in [5, 5.41) is 9.03. The van der Waals surface area contributed by atoms with Gasteiger partial charge in [0.1, 0.15) is 0 Å². The van der Waals surface area contributed by atoms with Crippen LogP contribution < -0.4 is 0 Å². The molecule has 0 spiro atoms. The largest absolute Gasteiger partial charge is 0.396 e. The van der Waals surface area contributed by atoms with Gasteiger partial charge in [-0.2, -0.15) is 0 Å². The Hall–Kier alpha value is -0.860. The van der Waals surface area contributed by atoms with E-state index < -0.39 is 0 Å². The van der Waals surface area contributed by atoms with Crippen molar-refractivity contribution >= 4 is 0 Å². The number of aliphatic hydroxyl groups is 1. The Balaban J connectivity index is 1.95. The van der Waals surface area contributed by atoms with Crippen molar-refractivity contribution in [1.82, 2.24) is 4.90 Å². The third kappa shape index (κ3) is 2.39. The molecular formula is C13H19NO. The lowest BCUT2D eigenvalue weighted by molar-refractivity contribution is 0.162. The van der Waals surface area contributed by atoms with Crippen LogP contribution in [-0.2, 0) is 6.54 Å². The average molecular weight is 205 g/mol. The zero-order chi connectivity index (χ0) is 10.7. The molecule has 0 radical (unpaired) electrons. The molecule has 1 aliphatic carbocycles. The summed E-state index contributed by atoms with van der Waals surface area (Å²) in [5.74, 6) is 0. The number of hydrogen-bond acceptors (Lipinski definition) is 2. The van der Waals surface area contributed by atoms with Crippen molar-refractivity contribution in [2.24, 2.45) is 0 Å². The topological polar surface area (TPSA) is 23.5 Å². The third-order valence-electron chi connectivity index (χ3n) is 3.48. The number of nitrogens with zero attached hydrogens (tertiary/aromatic N) is 1. The number of benzene rings is 1. The van der Waals surface area contributed by atoms with E-state index in [0.29, 0.717) is 12.1 Å². The fourth-order valence-corrected chi connectivity index (χ4v) is 2.20. The zero-order valence-corrected chi connectivity index (χ0v) is 9.32.